The highest BCUT2D eigenvalue weighted by Gasteiger charge is 2.40. The number of ether oxygens (including phenoxy) is 2. The third-order valence-electron chi connectivity index (χ3n) is 6.96. The van der Waals surface area contributed by atoms with E-state index in [0.29, 0.717) is 39.0 Å². The summed E-state index contributed by atoms with van der Waals surface area (Å²) < 4.78 is 10.1. The van der Waals surface area contributed by atoms with Gasteiger partial charge in [0.25, 0.3) is 0 Å². The predicted octanol–water partition coefficient (Wildman–Crippen LogP) is 6.68. The minimum Gasteiger partial charge on any atom is -0.497 e. The van der Waals surface area contributed by atoms with Crippen LogP contribution >= 0.6 is 11.8 Å². The molecular weight excluding hydrogens is 620 g/mol. The van der Waals surface area contributed by atoms with E-state index in [1.165, 1.54) is 23.8 Å². The monoisotopic (exact) mass is 650 g/mol. The number of imide groups is 1. The molecular formula is C35H30N4O7S. The SMILES string of the molecule is COc1cccc(C(=O)COC(=O)CCC(=O)Nc2cccc(S[C@H]3CC(=O)N(c4ccc(N=Nc5ccccc5)cc4)C3=O)c2)c1. The molecule has 12 heteroatoms. The summed E-state index contributed by atoms with van der Waals surface area (Å²) in [6.45, 7) is -0.446. The molecule has 238 valence electrons. The van der Waals surface area contributed by atoms with E-state index in [0.717, 1.165) is 0 Å². The number of hydrogen-bond donors (Lipinski definition) is 1. The Morgan fingerprint density at radius 3 is 2.32 bits per heavy atom. The van der Waals surface area contributed by atoms with Crippen LogP contribution in [0.4, 0.5) is 22.7 Å². The molecule has 0 unspecified atom stereocenters. The molecule has 4 aromatic rings. The zero-order valence-electron chi connectivity index (χ0n) is 25.3. The Labute approximate surface area is 275 Å². The number of methoxy groups -OCH3 is 1. The molecule has 11 nitrogen and oxygen atoms in total. The summed E-state index contributed by atoms with van der Waals surface area (Å²) in [5.41, 5.74) is 2.56. The van der Waals surface area contributed by atoms with Gasteiger partial charge in [0.1, 0.15) is 5.75 Å². The number of benzene rings is 4. The van der Waals surface area contributed by atoms with Crippen LogP contribution < -0.4 is 15.0 Å². The molecule has 1 aliphatic heterocycles. The summed E-state index contributed by atoms with van der Waals surface area (Å²) in [6.07, 6.45) is -0.338. The lowest BCUT2D eigenvalue weighted by molar-refractivity contribution is -0.143. The second-order valence-corrected chi connectivity index (χ2v) is 11.6. The van der Waals surface area contributed by atoms with Crippen LogP contribution in [0.3, 0.4) is 0 Å². The van der Waals surface area contributed by atoms with Crippen LogP contribution in [0.5, 0.6) is 5.75 Å². The number of anilines is 2. The van der Waals surface area contributed by atoms with Gasteiger partial charge in [0, 0.05) is 29.0 Å². The maximum atomic E-state index is 13.2. The number of rotatable bonds is 13. The minimum atomic E-state index is -0.680. The van der Waals surface area contributed by atoms with E-state index in [2.05, 4.69) is 15.5 Å². The molecule has 4 aromatic carbocycles. The van der Waals surface area contributed by atoms with Gasteiger partial charge in [0.05, 0.1) is 35.8 Å². The molecule has 1 saturated heterocycles. The Bertz CT molecular complexity index is 1810. The molecule has 47 heavy (non-hydrogen) atoms. The lowest BCUT2D eigenvalue weighted by atomic mass is 10.1. The first kappa shape index (κ1) is 32.8. The van der Waals surface area contributed by atoms with E-state index < -0.39 is 23.7 Å². The van der Waals surface area contributed by atoms with Crippen LogP contribution in [0.1, 0.15) is 29.6 Å². The molecule has 0 saturated carbocycles. The van der Waals surface area contributed by atoms with Crippen LogP contribution in [0.15, 0.2) is 118 Å². The van der Waals surface area contributed by atoms with Gasteiger partial charge in [-0.05, 0) is 66.7 Å². The first-order valence-corrected chi connectivity index (χ1v) is 15.5. The number of esters is 1. The Hall–Kier alpha value is -5.62. The Balaban J connectivity index is 1.09. The first-order chi connectivity index (χ1) is 22.8. The van der Waals surface area contributed by atoms with Crippen molar-refractivity contribution in [2.45, 2.75) is 29.4 Å². The number of carbonyl (C=O) groups excluding carboxylic acids is 5. The fraction of sp³-hybridized carbons (Fsp3) is 0.171. The molecule has 3 amide bonds. The third kappa shape index (κ3) is 8.98. The zero-order valence-corrected chi connectivity index (χ0v) is 26.1. The van der Waals surface area contributed by atoms with Gasteiger partial charge in [-0.25, -0.2) is 4.90 Å². The van der Waals surface area contributed by atoms with Gasteiger partial charge in [-0.15, -0.1) is 11.8 Å². The predicted molar refractivity (Wildman–Crippen MR) is 176 cm³/mol. The molecule has 1 heterocycles. The van der Waals surface area contributed by atoms with Crippen LogP contribution in [-0.4, -0.2) is 48.4 Å². The first-order valence-electron chi connectivity index (χ1n) is 14.6. The van der Waals surface area contributed by atoms with Gasteiger partial charge in [-0.2, -0.15) is 10.2 Å². The van der Waals surface area contributed by atoms with E-state index in [1.807, 2.05) is 30.3 Å². The fourth-order valence-corrected chi connectivity index (χ4v) is 5.71. The summed E-state index contributed by atoms with van der Waals surface area (Å²) >= 11 is 1.23. The standard InChI is InChI=1S/C35H30N4O7S/c1-45-28-11-5-7-23(19-28)30(40)22-46-34(43)18-17-32(41)36-26-10-6-12-29(20-26)47-31-21-33(42)39(35(31)44)27-15-13-25(14-16-27)38-37-24-8-3-2-4-9-24/h2-16,19-20,31H,17-18,21-22H2,1H3,(H,36,41)/t31-/m0/s1. The number of Topliss-reactive ketones (excluding diaryl/α,β-unsaturated/α-hetero) is 1. The van der Waals surface area contributed by atoms with Crippen LogP contribution in [0, 0.1) is 0 Å². The maximum absolute atomic E-state index is 13.2. The van der Waals surface area contributed by atoms with Crippen molar-refractivity contribution < 1.29 is 33.4 Å². The van der Waals surface area contributed by atoms with Crippen molar-refractivity contribution in [2.24, 2.45) is 10.2 Å². The number of amides is 3. The van der Waals surface area contributed by atoms with E-state index in [4.69, 9.17) is 9.47 Å². The van der Waals surface area contributed by atoms with Crippen molar-refractivity contribution in [3.8, 4) is 5.75 Å². The molecule has 5 rings (SSSR count). The number of thioether (sulfide) groups is 1. The molecule has 1 N–H and O–H groups in total. The summed E-state index contributed by atoms with van der Waals surface area (Å²) in [5.74, 6) is -1.63. The summed E-state index contributed by atoms with van der Waals surface area (Å²) in [7, 11) is 1.49. The van der Waals surface area contributed by atoms with E-state index in [-0.39, 0.29) is 36.9 Å². The summed E-state index contributed by atoms with van der Waals surface area (Å²) in [6, 6.07) is 29.4. The molecule has 1 aliphatic rings. The number of nitrogens with one attached hydrogen (secondary N) is 1. The van der Waals surface area contributed by atoms with Crippen LogP contribution in [0.2, 0.25) is 0 Å². The number of nitrogens with zero attached hydrogens (tertiary/aromatic N) is 3. The van der Waals surface area contributed by atoms with E-state index in [9.17, 15) is 24.0 Å². The van der Waals surface area contributed by atoms with E-state index in [1.54, 1.807) is 72.8 Å². The normalized spacial score (nSPS) is 14.3. The smallest absolute Gasteiger partial charge is 0.306 e. The van der Waals surface area contributed by atoms with Crippen molar-refractivity contribution in [2.75, 3.05) is 23.9 Å². The second kappa shape index (κ2) is 15.6. The molecule has 0 radical (unpaired) electrons. The lowest BCUT2D eigenvalue weighted by Gasteiger charge is -2.15. The third-order valence-corrected chi connectivity index (χ3v) is 8.14. The summed E-state index contributed by atoms with van der Waals surface area (Å²) in [4.78, 5) is 64.9. The van der Waals surface area contributed by atoms with Crippen LogP contribution in [0.25, 0.3) is 0 Å². The van der Waals surface area contributed by atoms with Crippen molar-refractivity contribution in [3.05, 3.63) is 109 Å². The van der Waals surface area contributed by atoms with Crippen molar-refractivity contribution >= 4 is 64.0 Å². The van der Waals surface area contributed by atoms with Gasteiger partial charge in [0.15, 0.2) is 12.4 Å². The quantitative estimate of drug-likeness (QED) is 0.0731. The highest BCUT2D eigenvalue weighted by molar-refractivity contribution is 8.00. The maximum Gasteiger partial charge on any atom is 0.306 e. The minimum absolute atomic E-state index is 0.0258. The van der Waals surface area contributed by atoms with Gasteiger partial charge < -0.3 is 14.8 Å². The van der Waals surface area contributed by atoms with Crippen molar-refractivity contribution in [1.29, 1.82) is 0 Å². The van der Waals surface area contributed by atoms with Gasteiger partial charge in [-0.3, -0.25) is 24.0 Å². The number of carbonyl (C=O) groups is 5. The average molecular weight is 651 g/mol. The lowest BCUT2D eigenvalue weighted by Crippen LogP contribution is -2.31. The van der Waals surface area contributed by atoms with Crippen molar-refractivity contribution in [1.82, 2.24) is 0 Å². The van der Waals surface area contributed by atoms with E-state index >= 15 is 0 Å². The number of ketones is 1. The molecule has 1 atom stereocenters. The Morgan fingerprint density at radius 2 is 1.57 bits per heavy atom. The number of azo groups is 1. The molecule has 0 spiro atoms. The average Bonchev–Trinajstić information content (AvgIpc) is 3.37. The highest BCUT2D eigenvalue weighted by Crippen LogP contribution is 2.35. The second-order valence-electron chi connectivity index (χ2n) is 10.3. The topological polar surface area (TPSA) is 144 Å². The zero-order chi connectivity index (χ0) is 33.2. The molecule has 0 aromatic heterocycles. The van der Waals surface area contributed by atoms with Crippen LogP contribution in [-0.2, 0) is 23.9 Å². The number of hydrogen-bond acceptors (Lipinski definition) is 10. The molecule has 1 fully saturated rings. The van der Waals surface area contributed by atoms with Crippen molar-refractivity contribution in [3.63, 3.8) is 0 Å². The van der Waals surface area contributed by atoms with Gasteiger partial charge in [-0.1, -0.05) is 36.4 Å². The van der Waals surface area contributed by atoms with Gasteiger partial charge >= 0.3 is 5.97 Å². The molecule has 0 aliphatic carbocycles. The molecule has 0 bridgehead atoms. The summed E-state index contributed by atoms with van der Waals surface area (Å²) in [5, 5.41) is 10.5. The fourth-order valence-electron chi connectivity index (χ4n) is 4.59. The highest BCUT2D eigenvalue weighted by atomic mass is 32.2. The van der Waals surface area contributed by atoms with Gasteiger partial charge in [0.2, 0.25) is 17.7 Å². The largest absolute Gasteiger partial charge is 0.497 e. The Morgan fingerprint density at radius 1 is 0.851 bits per heavy atom. The Kier molecular flexibility index (Phi) is 10.9.